The molecule has 1 aromatic rings. The predicted molar refractivity (Wildman–Crippen MR) is 91.7 cm³/mol. The second kappa shape index (κ2) is 7.03. The quantitative estimate of drug-likeness (QED) is 0.759. The number of nitrogens with zero attached hydrogens (tertiary/aromatic N) is 5. The number of piperazine rings is 1. The van der Waals surface area contributed by atoms with Crippen LogP contribution in [0.1, 0.15) is 25.1 Å². The Labute approximate surface area is 142 Å². The zero-order chi connectivity index (χ0) is 17.3. The Bertz CT molecular complexity index is 663. The van der Waals surface area contributed by atoms with Crippen LogP contribution in [0.5, 0.6) is 0 Å². The normalized spacial score (nSPS) is 20.7. The summed E-state index contributed by atoms with van der Waals surface area (Å²) in [6, 6.07) is 1.50. The van der Waals surface area contributed by atoms with E-state index in [9.17, 15) is 9.59 Å². The van der Waals surface area contributed by atoms with Crippen molar-refractivity contribution >= 4 is 5.91 Å². The molecule has 2 aliphatic rings. The van der Waals surface area contributed by atoms with Gasteiger partial charge in [0.15, 0.2) is 0 Å². The fourth-order valence-electron chi connectivity index (χ4n) is 3.55. The smallest absolute Gasteiger partial charge is 0.266 e. The Morgan fingerprint density at radius 1 is 1.25 bits per heavy atom. The molecule has 0 aliphatic carbocycles. The van der Waals surface area contributed by atoms with Gasteiger partial charge < -0.3 is 9.80 Å². The van der Waals surface area contributed by atoms with Crippen LogP contribution in [0.15, 0.2) is 10.9 Å². The van der Waals surface area contributed by atoms with E-state index in [-0.39, 0.29) is 17.5 Å². The van der Waals surface area contributed by atoms with Gasteiger partial charge in [0.25, 0.3) is 5.56 Å². The van der Waals surface area contributed by atoms with Gasteiger partial charge in [-0.05, 0) is 19.0 Å². The van der Waals surface area contributed by atoms with Crippen molar-refractivity contribution in [3.63, 3.8) is 0 Å². The van der Waals surface area contributed by atoms with Gasteiger partial charge in [-0.2, -0.15) is 5.10 Å². The zero-order valence-corrected chi connectivity index (χ0v) is 14.9. The van der Waals surface area contributed by atoms with Gasteiger partial charge in [0.2, 0.25) is 5.91 Å². The number of hydrogen-bond donors (Lipinski definition) is 0. The van der Waals surface area contributed by atoms with E-state index in [1.54, 1.807) is 13.1 Å². The molecule has 0 unspecified atom stereocenters. The molecule has 132 valence electrons. The van der Waals surface area contributed by atoms with Gasteiger partial charge in [-0.25, -0.2) is 4.68 Å². The van der Waals surface area contributed by atoms with E-state index in [1.807, 2.05) is 11.8 Å². The molecular formula is C17H27N5O2. The van der Waals surface area contributed by atoms with E-state index in [2.05, 4.69) is 21.8 Å². The van der Waals surface area contributed by atoms with E-state index >= 15 is 0 Å². The molecule has 24 heavy (non-hydrogen) atoms. The van der Waals surface area contributed by atoms with Crippen molar-refractivity contribution in [3.05, 3.63) is 27.7 Å². The predicted octanol–water partition coefficient (Wildman–Crippen LogP) is -0.309. The van der Waals surface area contributed by atoms with E-state index < -0.39 is 0 Å². The molecule has 7 nitrogen and oxygen atoms in total. The molecule has 2 aliphatic heterocycles. The third-order valence-electron chi connectivity index (χ3n) is 5.30. The maximum atomic E-state index is 12.8. The lowest BCUT2D eigenvalue weighted by atomic mass is 10.0. The Kier molecular flexibility index (Phi) is 5.01. The molecule has 1 amide bonds. The topological polar surface area (TPSA) is 61.7 Å². The van der Waals surface area contributed by atoms with Gasteiger partial charge in [-0.15, -0.1) is 0 Å². The van der Waals surface area contributed by atoms with Crippen molar-refractivity contribution in [2.75, 3.05) is 39.3 Å². The highest BCUT2D eigenvalue weighted by molar-refractivity contribution is 5.81. The summed E-state index contributed by atoms with van der Waals surface area (Å²) in [6.07, 6.45) is 0.782. The Morgan fingerprint density at radius 2 is 1.96 bits per heavy atom. The van der Waals surface area contributed by atoms with Gasteiger partial charge in [0, 0.05) is 58.8 Å². The Morgan fingerprint density at radius 3 is 2.62 bits per heavy atom. The third kappa shape index (κ3) is 3.37. The van der Waals surface area contributed by atoms with Crippen molar-refractivity contribution in [1.29, 1.82) is 0 Å². The van der Waals surface area contributed by atoms with Crippen LogP contribution < -0.4 is 5.56 Å². The molecule has 0 aromatic carbocycles. The molecule has 0 spiro atoms. The number of rotatable bonds is 3. The fraction of sp³-hybridized carbons (Fsp3) is 0.706. The summed E-state index contributed by atoms with van der Waals surface area (Å²) in [4.78, 5) is 31.1. The highest BCUT2D eigenvalue weighted by atomic mass is 16.2. The number of aryl methyl sites for hydroxylation is 1. The van der Waals surface area contributed by atoms with E-state index in [1.165, 1.54) is 4.68 Å². The van der Waals surface area contributed by atoms with E-state index in [0.717, 1.165) is 56.9 Å². The second-order valence-electron chi connectivity index (χ2n) is 6.73. The standard InChI is InChI=1S/C17H27N5O2/c1-4-20-7-9-21(10-8-20)17(24)13(2)22-6-5-15-14(12-22)11-16(23)19(3)18-15/h11,13H,4-10,12H2,1-3H3/t13-/m1/s1. The number of aromatic nitrogens is 2. The average molecular weight is 333 g/mol. The minimum atomic E-state index is -0.157. The summed E-state index contributed by atoms with van der Waals surface area (Å²) < 4.78 is 1.39. The molecule has 7 heteroatoms. The second-order valence-corrected chi connectivity index (χ2v) is 6.73. The van der Waals surface area contributed by atoms with Crippen LogP contribution >= 0.6 is 0 Å². The highest BCUT2D eigenvalue weighted by Gasteiger charge is 2.30. The summed E-state index contributed by atoms with van der Waals surface area (Å²) in [5.74, 6) is 0.200. The number of carbonyl (C=O) groups excluding carboxylic acids is 1. The Balaban J connectivity index is 1.65. The molecular weight excluding hydrogens is 306 g/mol. The highest BCUT2D eigenvalue weighted by Crippen LogP contribution is 2.18. The van der Waals surface area contributed by atoms with Crippen molar-refractivity contribution in [2.24, 2.45) is 7.05 Å². The first kappa shape index (κ1) is 17.1. The van der Waals surface area contributed by atoms with Crippen LogP contribution in [0.2, 0.25) is 0 Å². The monoisotopic (exact) mass is 333 g/mol. The first-order valence-electron chi connectivity index (χ1n) is 8.81. The van der Waals surface area contributed by atoms with Crippen molar-refractivity contribution in [1.82, 2.24) is 24.5 Å². The lowest BCUT2D eigenvalue weighted by Gasteiger charge is -2.39. The van der Waals surface area contributed by atoms with Gasteiger partial charge in [0.05, 0.1) is 11.7 Å². The minimum Gasteiger partial charge on any atom is -0.339 e. The number of amides is 1. The summed E-state index contributed by atoms with van der Waals surface area (Å²) >= 11 is 0. The van der Waals surface area contributed by atoms with Crippen molar-refractivity contribution in [2.45, 2.75) is 32.9 Å². The molecule has 0 saturated carbocycles. The summed E-state index contributed by atoms with van der Waals surface area (Å²) in [6.45, 7) is 10.1. The molecule has 0 N–H and O–H groups in total. The number of hydrogen-bond acceptors (Lipinski definition) is 5. The number of carbonyl (C=O) groups is 1. The molecule has 1 aromatic heterocycles. The van der Waals surface area contributed by atoms with Crippen LogP contribution in [-0.2, 0) is 24.8 Å². The van der Waals surface area contributed by atoms with Gasteiger partial charge in [-0.3, -0.25) is 14.5 Å². The summed E-state index contributed by atoms with van der Waals surface area (Å²) in [5.41, 5.74) is 1.84. The van der Waals surface area contributed by atoms with Crippen molar-refractivity contribution < 1.29 is 4.79 Å². The molecule has 0 radical (unpaired) electrons. The van der Waals surface area contributed by atoms with Crippen LogP contribution in [0, 0.1) is 0 Å². The first-order valence-corrected chi connectivity index (χ1v) is 8.81. The Hall–Kier alpha value is -1.73. The molecule has 1 atom stereocenters. The minimum absolute atomic E-state index is 0.0923. The van der Waals surface area contributed by atoms with Gasteiger partial charge in [-0.1, -0.05) is 6.92 Å². The van der Waals surface area contributed by atoms with Crippen molar-refractivity contribution in [3.8, 4) is 0 Å². The van der Waals surface area contributed by atoms with Gasteiger partial charge in [0.1, 0.15) is 0 Å². The first-order chi connectivity index (χ1) is 11.5. The molecule has 1 fully saturated rings. The maximum absolute atomic E-state index is 12.8. The summed E-state index contributed by atoms with van der Waals surface area (Å²) in [5, 5.41) is 4.34. The molecule has 3 rings (SSSR count). The van der Waals surface area contributed by atoms with E-state index in [0.29, 0.717) is 6.54 Å². The maximum Gasteiger partial charge on any atom is 0.266 e. The average Bonchev–Trinajstić information content (AvgIpc) is 2.61. The third-order valence-corrected chi connectivity index (χ3v) is 5.30. The largest absolute Gasteiger partial charge is 0.339 e. The van der Waals surface area contributed by atoms with Gasteiger partial charge >= 0.3 is 0 Å². The molecule has 3 heterocycles. The van der Waals surface area contributed by atoms with Crippen LogP contribution in [-0.4, -0.2) is 75.7 Å². The van der Waals surface area contributed by atoms with E-state index in [4.69, 9.17) is 0 Å². The number of likely N-dealkylation sites (N-methyl/N-ethyl adjacent to an activating group) is 1. The van der Waals surface area contributed by atoms with Crippen LogP contribution in [0.4, 0.5) is 0 Å². The zero-order valence-electron chi connectivity index (χ0n) is 14.9. The number of fused-ring (bicyclic) bond motifs is 1. The lowest BCUT2D eigenvalue weighted by Crippen LogP contribution is -2.54. The molecule has 0 bridgehead atoms. The van der Waals surface area contributed by atoms with Crippen LogP contribution in [0.25, 0.3) is 0 Å². The SMILES string of the molecule is CCN1CCN(C(=O)[C@@H](C)N2CCc3nn(C)c(=O)cc3C2)CC1. The van der Waals surface area contributed by atoms with Crippen LogP contribution in [0.3, 0.4) is 0 Å². The fourth-order valence-corrected chi connectivity index (χ4v) is 3.55. The summed E-state index contributed by atoms with van der Waals surface area (Å²) in [7, 11) is 1.68. The lowest BCUT2D eigenvalue weighted by molar-refractivity contribution is -0.138. The molecule has 1 saturated heterocycles.